The van der Waals surface area contributed by atoms with Crippen LogP contribution >= 0.6 is 0 Å². The zero-order valence-electron chi connectivity index (χ0n) is 13.8. The van der Waals surface area contributed by atoms with Gasteiger partial charge in [-0.15, -0.1) is 0 Å². The van der Waals surface area contributed by atoms with E-state index in [0.717, 1.165) is 24.3 Å². The van der Waals surface area contributed by atoms with Crippen LogP contribution in [0.5, 0.6) is 11.5 Å². The summed E-state index contributed by atoms with van der Waals surface area (Å²) < 4.78 is 11.6. The van der Waals surface area contributed by atoms with Crippen molar-refractivity contribution in [1.29, 1.82) is 0 Å². The molecule has 0 aliphatic heterocycles. The van der Waals surface area contributed by atoms with Crippen LogP contribution in [0.1, 0.15) is 47.0 Å². The van der Waals surface area contributed by atoms with Crippen LogP contribution < -0.4 is 15.2 Å². The van der Waals surface area contributed by atoms with Crippen molar-refractivity contribution in [1.82, 2.24) is 0 Å². The van der Waals surface area contributed by atoms with E-state index in [0.29, 0.717) is 17.9 Å². The topological polar surface area (TPSA) is 44.5 Å². The third-order valence-electron chi connectivity index (χ3n) is 4.49. The number of hydrogen-bond acceptors (Lipinski definition) is 3. The van der Waals surface area contributed by atoms with Crippen LogP contribution in [0, 0.1) is 11.3 Å². The van der Waals surface area contributed by atoms with Gasteiger partial charge in [-0.25, -0.2) is 0 Å². The van der Waals surface area contributed by atoms with Crippen LogP contribution in [-0.4, -0.2) is 18.8 Å². The highest BCUT2D eigenvalue weighted by Gasteiger charge is 2.35. The highest BCUT2D eigenvalue weighted by molar-refractivity contribution is 5.31. The Morgan fingerprint density at radius 2 is 1.71 bits per heavy atom. The van der Waals surface area contributed by atoms with Crippen molar-refractivity contribution in [2.24, 2.45) is 17.1 Å². The first kappa shape index (κ1) is 16.2. The highest BCUT2D eigenvalue weighted by Crippen LogP contribution is 2.38. The average molecular weight is 291 g/mol. The van der Waals surface area contributed by atoms with E-state index in [1.807, 2.05) is 31.2 Å². The minimum atomic E-state index is 0.112. The van der Waals surface area contributed by atoms with E-state index in [1.165, 1.54) is 6.42 Å². The molecule has 118 valence electrons. The predicted octanol–water partition coefficient (Wildman–Crippen LogP) is 4.01. The standard InChI is InChI=1S/C18H29NO2/c1-5-20-14-7-9-15(10-8-14)21-17-12-13(18(2,3)4)6-11-16(17)19/h7-10,13,16-17H,5-6,11-12,19H2,1-4H3. The molecule has 3 heteroatoms. The van der Waals surface area contributed by atoms with Gasteiger partial charge in [0.15, 0.2) is 0 Å². The molecule has 2 rings (SSSR count). The smallest absolute Gasteiger partial charge is 0.120 e. The van der Waals surface area contributed by atoms with E-state index in [-0.39, 0.29) is 12.1 Å². The second-order valence-corrected chi connectivity index (χ2v) is 7.10. The molecule has 0 aromatic heterocycles. The minimum Gasteiger partial charge on any atom is -0.494 e. The Bertz CT molecular complexity index is 436. The summed E-state index contributed by atoms with van der Waals surface area (Å²) in [5.74, 6) is 2.43. The van der Waals surface area contributed by atoms with Crippen LogP contribution in [0.4, 0.5) is 0 Å². The SMILES string of the molecule is CCOc1ccc(OC2CC(C(C)(C)C)CCC2N)cc1. The summed E-state index contributed by atoms with van der Waals surface area (Å²) in [7, 11) is 0. The minimum absolute atomic E-state index is 0.112. The Morgan fingerprint density at radius 1 is 1.10 bits per heavy atom. The Kier molecular flexibility index (Phi) is 5.15. The van der Waals surface area contributed by atoms with Crippen LogP contribution in [0.2, 0.25) is 0 Å². The fourth-order valence-electron chi connectivity index (χ4n) is 3.03. The number of rotatable bonds is 4. The van der Waals surface area contributed by atoms with Gasteiger partial charge < -0.3 is 15.2 Å². The molecule has 0 heterocycles. The molecule has 0 spiro atoms. The van der Waals surface area contributed by atoms with E-state index >= 15 is 0 Å². The lowest BCUT2D eigenvalue weighted by Crippen LogP contribution is -2.46. The van der Waals surface area contributed by atoms with Crippen LogP contribution in [0.3, 0.4) is 0 Å². The summed E-state index contributed by atoms with van der Waals surface area (Å²) in [4.78, 5) is 0. The van der Waals surface area contributed by atoms with E-state index in [4.69, 9.17) is 15.2 Å². The molecule has 1 fully saturated rings. The van der Waals surface area contributed by atoms with Gasteiger partial charge >= 0.3 is 0 Å². The van der Waals surface area contributed by atoms with E-state index in [1.54, 1.807) is 0 Å². The van der Waals surface area contributed by atoms with Gasteiger partial charge in [-0.1, -0.05) is 20.8 Å². The van der Waals surface area contributed by atoms with Crippen molar-refractivity contribution in [3.8, 4) is 11.5 Å². The molecule has 3 nitrogen and oxygen atoms in total. The third kappa shape index (κ3) is 4.37. The molecule has 0 bridgehead atoms. The summed E-state index contributed by atoms with van der Waals surface area (Å²) in [5, 5.41) is 0. The van der Waals surface area contributed by atoms with Gasteiger partial charge in [0, 0.05) is 6.04 Å². The lowest BCUT2D eigenvalue weighted by atomic mass is 9.70. The van der Waals surface area contributed by atoms with E-state index in [9.17, 15) is 0 Å². The maximum atomic E-state index is 6.26. The molecule has 0 amide bonds. The molecule has 1 aromatic carbocycles. The van der Waals surface area contributed by atoms with Crippen molar-refractivity contribution in [2.45, 2.75) is 59.1 Å². The molecule has 2 N–H and O–H groups in total. The summed E-state index contributed by atoms with van der Waals surface area (Å²) in [6, 6.07) is 7.98. The van der Waals surface area contributed by atoms with Crippen LogP contribution in [-0.2, 0) is 0 Å². The molecule has 3 unspecified atom stereocenters. The number of nitrogens with two attached hydrogens (primary N) is 1. The number of benzene rings is 1. The zero-order chi connectivity index (χ0) is 15.5. The van der Waals surface area contributed by atoms with E-state index in [2.05, 4.69) is 20.8 Å². The fourth-order valence-corrected chi connectivity index (χ4v) is 3.03. The molecule has 1 aliphatic carbocycles. The van der Waals surface area contributed by atoms with E-state index < -0.39 is 0 Å². The van der Waals surface area contributed by atoms with Gasteiger partial charge in [-0.05, 0) is 61.8 Å². The van der Waals surface area contributed by atoms with Gasteiger partial charge in [0.05, 0.1) is 6.61 Å². The molecule has 0 radical (unpaired) electrons. The lowest BCUT2D eigenvalue weighted by molar-refractivity contribution is 0.0591. The maximum absolute atomic E-state index is 6.26. The van der Waals surface area contributed by atoms with Gasteiger partial charge in [0.25, 0.3) is 0 Å². The largest absolute Gasteiger partial charge is 0.494 e. The molecule has 1 aromatic rings. The van der Waals surface area contributed by atoms with Crippen LogP contribution in [0.25, 0.3) is 0 Å². The monoisotopic (exact) mass is 291 g/mol. The first-order valence-corrected chi connectivity index (χ1v) is 8.05. The van der Waals surface area contributed by atoms with Crippen molar-refractivity contribution in [3.63, 3.8) is 0 Å². The Balaban J connectivity index is 1.99. The molecule has 21 heavy (non-hydrogen) atoms. The van der Waals surface area contributed by atoms with Gasteiger partial charge in [0.2, 0.25) is 0 Å². The molecule has 1 saturated carbocycles. The Hall–Kier alpha value is -1.22. The summed E-state index contributed by atoms with van der Waals surface area (Å²) >= 11 is 0. The number of hydrogen-bond donors (Lipinski definition) is 1. The van der Waals surface area contributed by atoms with Crippen molar-refractivity contribution in [3.05, 3.63) is 24.3 Å². The van der Waals surface area contributed by atoms with Crippen molar-refractivity contribution >= 4 is 0 Å². The predicted molar refractivity (Wildman–Crippen MR) is 86.8 cm³/mol. The zero-order valence-corrected chi connectivity index (χ0v) is 13.8. The lowest BCUT2D eigenvalue weighted by Gasteiger charge is -2.40. The first-order valence-electron chi connectivity index (χ1n) is 8.05. The quantitative estimate of drug-likeness (QED) is 0.911. The van der Waals surface area contributed by atoms with Gasteiger partial charge in [-0.2, -0.15) is 0 Å². The molecular formula is C18H29NO2. The molecule has 1 aliphatic rings. The van der Waals surface area contributed by atoms with Crippen molar-refractivity contribution < 1.29 is 9.47 Å². The first-order chi connectivity index (χ1) is 9.90. The summed E-state index contributed by atoms with van der Waals surface area (Å²) in [6.07, 6.45) is 3.40. The second-order valence-electron chi connectivity index (χ2n) is 7.10. The Morgan fingerprint density at radius 3 is 2.29 bits per heavy atom. The average Bonchev–Trinajstić information content (AvgIpc) is 2.42. The summed E-state index contributed by atoms with van der Waals surface area (Å²) in [6.45, 7) is 9.59. The Labute approximate surface area is 128 Å². The fraction of sp³-hybridized carbons (Fsp3) is 0.667. The second kappa shape index (κ2) is 6.69. The van der Waals surface area contributed by atoms with Gasteiger partial charge in [0.1, 0.15) is 17.6 Å². The summed E-state index contributed by atoms with van der Waals surface area (Å²) in [5.41, 5.74) is 6.58. The maximum Gasteiger partial charge on any atom is 0.120 e. The molecule has 3 atom stereocenters. The van der Waals surface area contributed by atoms with Crippen LogP contribution in [0.15, 0.2) is 24.3 Å². The number of ether oxygens (including phenoxy) is 2. The highest BCUT2D eigenvalue weighted by atomic mass is 16.5. The van der Waals surface area contributed by atoms with Gasteiger partial charge in [-0.3, -0.25) is 0 Å². The normalized spacial score (nSPS) is 26.4. The van der Waals surface area contributed by atoms with Crippen molar-refractivity contribution in [2.75, 3.05) is 6.61 Å². The third-order valence-corrected chi connectivity index (χ3v) is 4.49. The molecular weight excluding hydrogens is 262 g/mol. The molecule has 0 saturated heterocycles.